The lowest BCUT2D eigenvalue weighted by Crippen LogP contribution is -2.36. The van der Waals surface area contributed by atoms with E-state index in [1.165, 1.54) is 0 Å². The zero-order valence-electron chi connectivity index (χ0n) is 21.0. The Bertz CT molecular complexity index is 1200. The fraction of sp³-hybridized carbons (Fsp3) is 0.407. The fourth-order valence-corrected chi connectivity index (χ4v) is 7.82. The van der Waals surface area contributed by atoms with Crippen LogP contribution in [0.3, 0.4) is 0 Å². The van der Waals surface area contributed by atoms with Crippen LogP contribution in [0.15, 0.2) is 41.7 Å². The molecule has 0 saturated heterocycles. The molecule has 6 heteroatoms. The first-order valence-corrected chi connectivity index (χ1v) is 14.5. The van der Waals surface area contributed by atoms with Gasteiger partial charge in [0, 0.05) is 5.56 Å². The Morgan fingerprint density at radius 3 is 2.36 bits per heavy atom. The summed E-state index contributed by atoms with van der Waals surface area (Å²) < 4.78 is 12.3. The van der Waals surface area contributed by atoms with Gasteiger partial charge in [-0.05, 0) is 79.4 Å². The van der Waals surface area contributed by atoms with Crippen LogP contribution in [0.2, 0.25) is 19.1 Å². The molecule has 2 aromatic carbocycles. The Balaban J connectivity index is 1.75. The van der Waals surface area contributed by atoms with E-state index >= 15 is 0 Å². The molecule has 176 valence electrons. The maximum Gasteiger partial charge on any atom is 0.259 e. The van der Waals surface area contributed by atoms with Crippen molar-refractivity contribution >= 4 is 25.3 Å². The molecule has 1 heterocycles. The van der Waals surface area contributed by atoms with Crippen LogP contribution in [0.5, 0.6) is 5.75 Å². The molecule has 5 nitrogen and oxygen atoms in total. The number of aryl methyl sites for hydroxylation is 2. The normalized spacial score (nSPS) is 12.2. The number of aromatic amines is 1. The van der Waals surface area contributed by atoms with Gasteiger partial charge in [0.2, 0.25) is 0 Å². The number of fused-ring (bicyclic) bond motifs is 1. The van der Waals surface area contributed by atoms with Gasteiger partial charge in [0.1, 0.15) is 18.2 Å². The van der Waals surface area contributed by atoms with E-state index in [2.05, 4.69) is 50.4 Å². The highest BCUT2D eigenvalue weighted by molar-refractivity contribution is 6.71. The number of nitrogens with zero attached hydrogens (tertiary/aromatic N) is 1. The number of H-pyrrole nitrogens is 1. The Hall–Kier alpha value is -2.70. The molecule has 3 aromatic rings. The summed E-state index contributed by atoms with van der Waals surface area (Å²) in [4.78, 5) is 20.3. The first kappa shape index (κ1) is 24.9. The van der Waals surface area contributed by atoms with Crippen LogP contribution in [0.4, 0.5) is 0 Å². The van der Waals surface area contributed by atoms with Crippen molar-refractivity contribution in [3.8, 4) is 17.1 Å². The molecule has 0 spiro atoms. The number of aromatic nitrogens is 2. The van der Waals surface area contributed by atoms with Crippen LogP contribution in [0.1, 0.15) is 37.5 Å². The van der Waals surface area contributed by atoms with Gasteiger partial charge in [-0.3, -0.25) is 4.79 Å². The summed E-state index contributed by atoms with van der Waals surface area (Å²) in [5.41, 5.74) is 4.53. The molecule has 33 heavy (non-hydrogen) atoms. The largest absolute Gasteiger partial charge is 0.491 e. The molecule has 0 radical (unpaired) electrons. The molecule has 0 fully saturated rings. The molecular formula is C27H36N2O3Si. The van der Waals surface area contributed by atoms with Gasteiger partial charge >= 0.3 is 0 Å². The lowest BCUT2D eigenvalue weighted by Gasteiger charge is -2.30. The SMILES string of the molecule is C=Cc1ccc2nc(-c3cc(C)c(OCCO[Si](C)(C)CC(C)(C)C)c(C)c3)[nH]c(=O)c2c1. The first-order chi connectivity index (χ1) is 15.4. The maximum atomic E-state index is 12.7. The molecule has 0 aliphatic carbocycles. The Labute approximate surface area is 198 Å². The van der Waals surface area contributed by atoms with Crippen LogP contribution < -0.4 is 10.3 Å². The molecule has 3 rings (SSSR count). The van der Waals surface area contributed by atoms with Crippen molar-refractivity contribution in [3.63, 3.8) is 0 Å². The molecule has 0 aliphatic rings. The second-order valence-corrected chi connectivity index (χ2v) is 14.7. The molecule has 0 amide bonds. The number of nitrogens with one attached hydrogen (secondary N) is 1. The predicted octanol–water partition coefficient (Wildman–Crippen LogP) is 6.50. The number of benzene rings is 2. The zero-order valence-corrected chi connectivity index (χ0v) is 22.0. The van der Waals surface area contributed by atoms with Crippen molar-refractivity contribution in [2.45, 2.75) is 53.8 Å². The third-order valence-electron chi connectivity index (χ3n) is 5.48. The van der Waals surface area contributed by atoms with Crippen molar-refractivity contribution in [2.75, 3.05) is 13.2 Å². The third-order valence-corrected chi connectivity index (χ3v) is 8.38. The van der Waals surface area contributed by atoms with E-state index in [4.69, 9.17) is 9.16 Å². The summed E-state index contributed by atoms with van der Waals surface area (Å²) in [6.07, 6.45) is 1.72. The van der Waals surface area contributed by atoms with Gasteiger partial charge in [-0.1, -0.05) is 39.5 Å². The Kier molecular flexibility index (Phi) is 7.29. The van der Waals surface area contributed by atoms with E-state index in [0.29, 0.717) is 29.9 Å². The quantitative estimate of drug-likeness (QED) is 0.305. The average Bonchev–Trinajstić information content (AvgIpc) is 2.70. The van der Waals surface area contributed by atoms with Crippen LogP contribution >= 0.6 is 0 Å². The number of hydrogen-bond donors (Lipinski definition) is 1. The highest BCUT2D eigenvalue weighted by Crippen LogP contribution is 2.30. The van der Waals surface area contributed by atoms with E-state index in [1.807, 2.05) is 38.1 Å². The Morgan fingerprint density at radius 2 is 1.76 bits per heavy atom. The third kappa shape index (κ3) is 6.42. The Morgan fingerprint density at radius 1 is 1.09 bits per heavy atom. The van der Waals surface area contributed by atoms with Crippen LogP contribution in [0, 0.1) is 19.3 Å². The van der Waals surface area contributed by atoms with E-state index < -0.39 is 8.32 Å². The van der Waals surface area contributed by atoms with Gasteiger partial charge < -0.3 is 14.1 Å². The van der Waals surface area contributed by atoms with E-state index in [1.54, 1.807) is 12.1 Å². The fourth-order valence-electron chi connectivity index (χ4n) is 4.52. The highest BCUT2D eigenvalue weighted by atomic mass is 28.4. The zero-order chi connectivity index (χ0) is 24.4. The number of ether oxygens (including phenoxy) is 1. The van der Waals surface area contributed by atoms with Crippen LogP contribution in [-0.4, -0.2) is 31.5 Å². The van der Waals surface area contributed by atoms with Crippen molar-refractivity contribution in [1.82, 2.24) is 9.97 Å². The van der Waals surface area contributed by atoms with Gasteiger partial charge in [-0.15, -0.1) is 0 Å². The average molecular weight is 465 g/mol. The topological polar surface area (TPSA) is 64.2 Å². The van der Waals surface area contributed by atoms with Gasteiger partial charge in [0.05, 0.1) is 17.5 Å². The van der Waals surface area contributed by atoms with Gasteiger partial charge in [0.15, 0.2) is 8.32 Å². The monoisotopic (exact) mass is 464 g/mol. The summed E-state index contributed by atoms with van der Waals surface area (Å²) in [6, 6.07) is 10.7. The lowest BCUT2D eigenvalue weighted by molar-refractivity contribution is 0.205. The molecule has 0 saturated carbocycles. The van der Waals surface area contributed by atoms with E-state index in [9.17, 15) is 4.79 Å². The number of hydrogen-bond acceptors (Lipinski definition) is 4. The highest BCUT2D eigenvalue weighted by Gasteiger charge is 2.29. The minimum absolute atomic E-state index is 0.159. The van der Waals surface area contributed by atoms with Crippen LogP contribution in [0.25, 0.3) is 28.4 Å². The minimum Gasteiger partial charge on any atom is -0.491 e. The number of rotatable bonds is 8. The van der Waals surface area contributed by atoms with Gasteiger partial charge in [0.25, 0.3) is 5.56 Å². The summed E-state index contributed by atoms with van der Waals surface area (Å²) in [7, 11) is -1.72. The smallest absolute Gasteiger partial charge is 0.259 e. The minimum atomic E-state index is -1.72. The molecule has 0 bridgehead atoms. The summed E-state index contributed by atoms with van der Waals surface area (Å²) in [5.74, 6) is 1.41. The molecule has 0 aliphatic heterocycles. The molecule has 1 N–H and O–H groups in total. The summed E-state index contributed by atoms with van der Waals surface area (Å²) >= 11 is 0. The van der Waals surface area contributed by atoms with Crippen molar-refractivity contribution in [1.29, 1.82) is 0 Å². The molecular weight excluding hydrogens is 428 g/mol. The predicted molar refractivity (Wildman–Crippen MR) is 141 cm³/mol. The molecule has 0 unspecified atom stereocenters. The van der Waals surface area contributed by atoms with Crippen LogP contribution in [-0.2, 0) is 4.43 Å². The van der Waals surface area contributed by atoms with E-state index in [-0.39, 0.29) is 11.0 Å². The standard InChI is InChI=1S/C27H36N2O3Si/c1-9-20-10-11-23-22(16-20)26(30)29-25(28-23)21-14-18(2)24(19(3)15-21)31-12-13-32-33(7,8)17-27(4,5)6/h9-11,14-16H,1,12-13,17H2,2-8H3,(H,28,29,30). The summed E-state index contributed by atoms with van der Waals surface area (Å²) in [5, 5.41) is 0.558. The second kappa shape index (κ2) is 9.65. The maximum absolute atomic E-state index is 12.7. The van der Waals surface area contributed by atoms with Gasteiger partial charge in [-0.25, -0.2) is 4.98 Å². The van der Waals surface area contributed by atoms with Crippen molar-refractivity contribution < 1.29 is 9.16 Å². The van der Waals surface area contributed by atoms with Crippen molar-refractivity contribution in [2.24, 2.45) is 5.41 Å². The lowest BCUT2D eigenvalue weighted by atomic mass is 10.0. The van der Waals surface area contributed by atoms with E-state index in [0.717, 1.165) is 34.0 Å². The molecule has 1 aromatic heterocycles. The first-order valence-electron chi connectivity index (χ1n) is 11.4. The second-order valence-electron chi connectivity index (χ2n) is 10.5. The van der Waals surface area contributed by atoms with Gasteiger partial charge in [-0.2, -0.15) is 0 Å². The van der Waals surface area contributed by atoms with Crippen molar-refractivity contribution in [3.05, 3.63) is 64.0 Å². The summed E-state index contributed by atoms with van der Waals surface area (Å²) in [6.45, 7) is 20.2. The molecule has 0 atom stereocenters.